The highest BCUT2D eigenvalue weighted by Gasteiger charge is 2.34. The average Bonchev–Trinajstić information content (AvgIpc) is 2.67. The molecule has 3 aliphatic heterocycles. The van der Waals surface area contributed by atoms with Crippen molar-refractivity contribution >= 4 is 41.6 Å². The third kappa shape index (κ3) is 3.52. The van der Waals surface area contributed by atoms with E-state index >= 15 is 0 Å². The Bertz CT molecular complexity index is 879. The molecule has 7 heteroatoms. The minimum atomic E-state index is -0.555. The maximum absolute atomic E-state index is 12.7. The van der Waals surface area contributed by atoms with Crippen molar-refractivity contribution in [3.8, 4) is 0 Å². The van der Waals surface area contributed by atoms with Crippen LogP contribution in [-0.2, 0) is 9.53 Å². The number of amidine groups is 1. The third-order valence-electron chi connectivity index (χ3n) is 4.35. The minimum Gasteiger partial charge on any atom is -0.378 e. The molecule has 0 radical (unpaired) electrons. The number of nitrogens with zero attached hydrogens (tertiary/aromatic N) is 4. The topological polar surface area (TPSA) is 66.6 Å². The monoisotopic (exact) mass is 368 g/mol. The lowest BCUT2D eigenvalue weighted by molar-refractivity contribution is -0.119. The van der Waals surface area contributed by atoms with E-state index < -0.39 is 5.92 Å². The Hall–Kier alpha value is -2.57. The van der Waals surface area contributed by atoms with E-state index in [1.165, 1.54) is 0 Å². The number of hydrogen-bond donors (Lipinski definition) is 0. The maximum atomic E-state index is 12.7. The van der Waals surface area contributed by atoms with Crippen LogP contribution >= 0.6 is 11.6 Å². The van der Waals surface area contributed by atoms with Crippen LogP contribution in [0.3, 0.4) is 0 Å². The molecule has 0 saturated carbocycles. The predicted molar refractivity (Wildman–Crippen MR) is 103 cm³/mol. The number of morpholine rings is 1. The number of amides is 1. The minimum absolute atomic E-state index is 0.240. The van der Waals surface area contributed by atoms with Gasteiger partial charge >= 0.3 is 0 Å². The molecule has 1 saturated heterocycles. The molecule has 0 aliphatic carbocycles. The Labute approximate surface area is 156 Å². The highest BCUT2D eigenvalue weighted by Crippen LogP contribution is 2.25. The van der Waals surface area contributed by atoms with Crippen LogP contribution in [0.2, 0.25) is 5.02 Å². The number of guanidine groups is 1. The smallest absolute Gasteiger partial charge is 0.264 e. The molecule has 1 fully saturated rings. The summed E-state index contributed by atoms with van der Waals surface area (Å²) in [5.74, 6) is 0.122. The van der Waals surface area contributed by atoms with Gasteiger partial charge in [-0.2, -0.15) is 9.98 Å². The number of aliphatic imine (C=N–C) groups is 3. The van der Waals surface area contributed by atoms with E-state index in [1.807, 2.05) is 47.4 Å². The Morgan fingerprint density at radius 3 is 2.85 bits per heavy atom. The van der Waals surface area contributed by atoms with Crippen LogP contribution < -0.4 is 0 Å². The summed E-state index contributed by atoms with van der Waals surface area (Å²) in [6, 6.07) is 7.52. The van der Waals surface area contributed by atoms with E-state index in [-0.39, 0.29) is 5.91 Å². The Morgan fingerprint density at radius 1 is 1.19 bits per heavy atom. The summed E-state index contributed by atoms with van der Waals surface area (Å²) in [6.45, 7) is 2.57. The normalized spacial score (nSPS) is 22.8. The number of rotatable bonds is 2. The molecule has 0 bridgehead atoms. The number of benzene rings is 1. The molecule has 1 atom stereocenters. The van der Waals surface area contributed by atoms with Gasteiger partial charge in [0.25, 0.3) is 5.91 Å². The first-order valence-corrected chi connectivity index (χ1v) is 8.80. The zero-order chi connectivity index (χ0) is 17.9. The summed E-state index contributed by atoms with van der Waals surface area (Å²) in [6.07, 6.45) is 7.30. The standard InChI is InChI=1S/C19H17ClN4O2/c20-15-3-1-2-13(12-15)4-5-14-6-7-21-17-16(14)18(25)23-19(22-17)24-8-10-26-11-9-24/h1-7,12,16H,8-11H2/b5-4+. The first kappa shape index (κ1) is 16.9. The van der Waals surface area contributed by atoms with E-state index in [0.29, 0.717) is 43.1 Å². The fraction of sp³-hybridized carbons (Fsp3) is 0.263. The molecule has 1 aromatic rings. The van der Waals surface area contributed by atoms with E-state index in [1.54, 1.807) is 6.21 Å². The lowest BCUT2D eigenvalue weighted by atomic mass is 9.93. The van der Waals surface area contributed by atoms with Crippen molar-refractivity contribution < 1.29 is 9.53 Å². The van der Waals surface area contributed by atoms with E-state index in [2.05, 4.69) is 15.0 Å². The number of dihydropyridines is 1. The number of ether oxygens (including phenoxy) is 1. The molecule has 3 heterocycles. The van der Waals surface area contributed by atoms with Crippen molar-refractivity contribution in [1.29, 1.82) is 0 Å². The second-order valence-electron chi connectivity index (χ2n) is 6.09. The fourth-order valence-electron chi connectivity index (χ4n) is 3.02. The van der Waals surface area contributed by atoms with Crippen molar-refractivity contribution in [3.05, 3.63) is 52.6 Å². The van der Waals surface area contributed by atoms with E-state index in [0.717, 1.165) is 11.1 Å². The third-order valence-corrected chi connectivity index (χ3v) is 4.58. The second kappa shape index (κ2) is 7.35. The average molecular weight is 369 g/mol. The Balaban J connectivity index is 1.56. The molecule has 1 amide bonds. The summed E-state index contributed by atoms with van der Waals surface area (Å²) >= 11 is 6.02. The van der Waals surface area contributed by atoms with Gasteiger partial charge in [0.1, 0.15) is 11.8 Å². The molecular weight excluding hydrogens is 352 g/mol. The summed E-state index contributed by atoms with van der Waals surface area (Å²) in [5.41, 5.74) is 1.77. The molecule has 132 valence electrons. The van der Waals surface area contributed by atoms with E-state index in [9.17, 15) is 4.79 Å². The largest absolute Gasteiger partial charge is 0.378 e. The fourth-order valence-corrected chi connectivity index (χ4v) is 3.21. The van der Waals surface area contributed by atoms with Gasteiger partial charge in [-0.15, -0.1) is 0 Å². The zero-order valence-electron chi connectivity index (χ0n) is 14.0. The molecule has 3 aliphatic rings. The molecule has 26 heavy (non-hydrogen) atoms. The molecule has 1 aromatic carbocycles. The number of fused-ring (bicyclic) bond motifs is 1. The van der Waals surface area contributed by atoms with Gasteiger partial charge < -0.3 is 9.64 Å². The van der Waals surface area contributed by atoms with Gasteiger partial charge in [0.15, 0.2) is 0 Å². The number of carbonyl (C=O) groups excluding carboxylic acids is 1. The van der Waals surface area contributed by atoms with Gasteiger partial charge in [-0.05, 0) is 29.3 Å². The molecule has 0 N–H and O–H groups in total. The van der Waals surface area contributed by atoms with Crippen molar-refractivity contribution in [2.75, 3.05) is 26.3 Å². The van der Waals surface area contributed by atoms with Crippen LogP contribution in [-0.4, -0.2) is 55.1 Å². The summed E-state index contributed by atoms with van der Waals surface area (Å²) in [7, 11) is 0. The summed E-state index contributed by atoms with van der Waals surface area (Å²) in [4.78, 5) is 27.6. The van der Waals surface area contributed by atoms with Gasteiger partial charge in [0.2, 0.25) is 5.96 Å². The lowest BCUT2D eigenvalue weighted by Gasteiger charge is -2.30. The Kier molecular flexibility index (Phi) is 4.77. The van der Waals surface area contributed by atoms with Crippen LogP contribution in [0.4, 0.5) is 0 Å². The molecule has 1 unspecified atom stereocenters. The van der Waals surface area contributed by atoms with Gasteiger partial charge in [-0.3, -0.25) is 4.79 Å². The molecule has 0 spiro atoms. The van der Waals surface area contributed by atoms with Crippen molar-refractivity contribution in [2.24, 2.45) is 20.9 Å². The Morgan fingerprint density at radius 2 is 2.04 bits per heavy atom. The first-order valence-electron chi connectivity index (χ1n) is 8.42. The van der Waals surface area contributed by atoms with Crippen molar-refractivity contribution in [3.63, 3.8) is 0 Å². The molecule has 0 aromatic heterocycles. The molecular formula is C19H17ClN4O2. The summed E-state index contributed by atoms with van der Waals surface area (Å²) in [5, 5.41) is 0.669. The SMILES string of the molecule is O=C1N=C(N2CCOCC2)N=C2N=CC=C(/C=C/c3cccc(Cl)c3)C12. The van der Waals surface area contributed by atoms with Crippen molar-refractivity contribution in [1.82, 2.24) is 4.90 Å². The van der Waals surface area contributed by atoms with Crippen LogP contribution in [0.25, 0.3) is 6.08 Å². The number of hydrogen-bond acceptors (Lipinski definition) is 5. The van der Waals surface area contributed by atoms with Gasteiger partial charge in [-0.1, -0.05) is 35.9 Å². The molecule has 4 rings (SSSR count). The highest BCUT2D eigenvalue weighted by molar-refractivity contribution is 6.30. The van der Waals surface area contributed by atoms with Gasteiger partial charge in [0, 0.05) is 24.3 Å². The second-order valence-corrected chi connectivity index (χ2v) is 6.52. The van der Waals surface area contributed by atoms with Crippen molar-refractivity contribution in [2.45, 2.75) is 0 Å². The lowest BCUT2D eigenvalue weighted by Crippen LogP contribution is -2.43. The molecule has 6 nitrogen and oxygen atoms in total. The summed E-state index contributed by atoms with van der Waals surface area (Å²) < 4.78 is 5.34. The quantitative estimate of drug-likeness (QED) is 0.805. The highest BCUT2D eigenvalue weighted by atomic mass is 35.5. The predicted octanol–water partition coefficient (Wildman–Crippen LogP) is 2.61. The van der Waals surface area contributed by atoms with Crippen LogP contribution in [0, 0.1) is 5.92 Å². The van der Waals surface area contributed by atoms with Gasteiger partial charge in [0.05, 0.1) is 13.2 Å². The number of carbonyl (C=O) groups is 1. The van der Waals surface area contributed by atoms with Crippen LogP contribution in [0.5, 0.6) is 0 Å². The van der Waals surface area contributed by atoms with Gasteiger partial charge in [-0.25, -0.2) is 4.99 Å². The van der Waals surface area contributed by atoms with Crippen LogP contribution in [0.15, 0.2) is 57.0 Å². The number of halogens is 1. The van der Waals surface area contributed by atoms with Crippen LogP contribution in [0.1, 0.15) is 5.56 Å². The maximum Gasteiger partial charge on any atom is 0.264 e. The first-order chi connectivity index (χ1) is 12.7. The number of allylic oxidation sites excluding steroid dienone is 2. The van der Waals surface area contributed by atoms with E-state index in [4.69, 9.17) is 16.3 Å². The zero-order valence-corrected chi connectivity index (χ0v) is 14.8.